The van der Waals surface area contributed by atoms with Crippen molar-refractivity contribution in [2.45, 2.75) is 6.18 Å². The average Bonchev–Trinajstić information content (AvgIpc) is 2.46. The van der Waals surface area contributed by atoms with E-state index in [9.17, 15) is 28.1 Å². The summed E-state index contributed by atoms with van der Waals surface area (Å²) in [5.41, 5.74) is 3.08. The molecule has 0 atom stereocenters. The van der Waals surface area contributed by atoms with E-state index >= 15 is 0 Å². The molecule has 0 aromatic heterocycles. The molecule has 0 saturated carbocycles. The van der Waals surface area contributed by atoms with E-state index in [4.69, 9.17) is 10.5 Å². The molecule has 0 aliphatic heterocycles. The van der Waals surface area contributed by atoms with Gasteiger partial charge in [-0.15, -0.1) is 0 Å². The molecule has 6 nitrogen and oxygen atoms in total. The summed E-state index contributed by atoms with van der Waals surface area (Å²) >= 11 is 0. The van der Waals surface area contributed by atoms with Gasteiger partial charge in [-0.05, 0) is 24.3 Å². The third-order valence-electron chi connectivity index (χ3n) is 2.87. The summed E-state index contributed by atoms with van der Waals surface area (Å²) < 4.78 is 44.3. The Kier molecular flexibility index (Phi) is 4.21. The van der Waals surface area contributed by atoms with Crippen LogP contribution in [-0.2, 0) is 6.18 Å². The van der Waals surface area contributed by atoms with E-state index in [1.54, 1.807) is 0 Å². The lowest BCUT2D eigenvalue weighted by atomic mass is 10.1. The monoisotopic (exact) mass is 326 g/mol. The summed E-state index contributed by atoms with van der Waals surface area (Å²) in [5.74, 6) is -0.645. The predicted molar refractivity (Wildman–Crippen MR) is 74.4 cm³/mol. The van der Waals surface area contributed by atoms with Crippen molar-refractivity contribution in [2.24, 2.45) is 0 Å². The Bertz CT molecular complexity index is 758. The predicted octanol–water partition coefficient (Wildman–Crippen LogP) is 3.80. The Morgan fingerprint density at radius 1 is 1.17 bits per heavy atom. The first-order valence-corrected chi connectivity index (χ1v) is 6.10. The molecule has 9 heteroatoms. The lowest BCUT2D eigenvalue weighted by molar-refractivity contribution is -0.384. The van der Waals surface area contributed by atoms with Gasteiger partial charge in [-0.2, -0.15) is 13.2 Å². The number of nitrogen functional groups attached to an aromatic ring is 1. The van der Waals surface area contributed by atoms with Crippen molar-refractivity contribution in [2.75, 3.05) is 5.73 Å². The first kappa shape index (κ1) is 16.3. The fourth-order valence-corrected chi connectivity index (χ4v) is 1.79. The molecule has 0 unspecified atom stereocenters. The van der Waals surface area contributed by atoms with Crippen LogP contribution in [0.5, 0.6) is 11.5 Å². The molecule has 0 amide bonds. The molecule has 0 heterocycles. The van der Waals surface area contributed by atoms with Gasteiger partial charge in [-0.25, -0.2) is 0 Å². The zero-order valence-electron chi connectivity index (χ0n) is 11.3. The fourth-order valence-electron chi connectivity index (χ4n) is 1.79. The van der Waals surface area contributed by atoms with Gasteiger partial charge in [0.15, 0.2) is 0 Å². The number of carbonyl (C=O) groups excluding carboxylic acids is 1. The molecule has 0 bridgehead atoms. The van der Waals surface area contributed by atoms with E-state index < -0.39 is 33.8 Å². The summed E-state index contributed by atoms with van der Waals surface area (Å²) in [5, 5.41) is 10.7. The lowest BCUT2D eigenvalue weighted by Crippen LogP contribution is -2.09. The van der Waals surface area contributed by atoms with Crippen molar-refractivity contribution in [3.05, 3.63) is 57.6 Å². The largest absolute Gasteiger partial charge is 0.457 e. The SMILES string of the molecule is Nc1cc(Oc2ccc(C=O)cc2)c(C(F)(F)F)cc1[N+](=O)[O-]. The van der Waals surface area contributed by atoms with Crippen molar-refractivity contribution < 1.29 is 27.6 Å². The number of carbonyl (C=O) groups is 1. The van der Waals surface area contributed by atoms with Crippen LogP contribution in [0.4, 0.5) is 24.5 Å². The van der Waals surface area contributed by atoms with E-state index in [1.807, 2.05) is 0 Å². The quantitative estimate of drug-likeness (QED) is 0.399. The highest BCUT2D eigenvalue weighted by atomic mass is 19.4. The number of halogens is 3. The normalized spacial score (nSPS) is 11.1. The minimum atomic E-state index is -4.86. The van der Waals surface area contributed by atoms with Crippen molar-refractivity contribution in [3.63, 3.8) is 0 Å². The van der Waals surface area contributed by atoms with Crippen LogP contribution < -0.4 is 10.5 Å². The van der Waals surface area contributed by atoms with Crippen molar-refractivity contribution in [3.8, 4) is 11.5 Å². The van der Waals surface area contributed by atoms with E-state index in [0.717, 1.165) is 6.07 Å². The number of nitro groups is 1. The number of rotatable bonds is 4. The molecular formula is C14H9F3N2O4. The van der Waals surface area contributed by atoms with Gasteiger partial charge in [-0.1, -0.05) is 0 Å². The van der Waals surface area contributed by atoms with Crippen LogP contribution in [0.25, 0.3) is 0 Å². The van der Waals surface area contributed by atoms with Crippen molar-refractivity contribution in [1.29, 1.82) is 0 Å². The van der Waals surface area contributed by atoms with Crippen molar-refractivity contribution in [1.82, 2.24) is 0 Å². The zero-order valence-corrected chi connectivity index (χ0v) is 11.3. The van der Waals surface area contributed by atoms with Gasteiger partial charge in [0.1, 0.15) is 29.0 Å². The summed E-state index contributed by atoms with van der Waals surface area (Å²) in [6.07, 6.45) is -4.30. The maximum Gasteiger partial charge on any atom is 0.420 e. The molecule has 2 N–H and O–H groups in total. The molecule has 0 saturated heterocycles. The van der Waals surface area contributed by atoms with Crippen LogP contribution in [0.3, 0.4) is 0 Å². The summed E-state index contributed by atoms with van der Waals surface area (Å²) in [6, 6.07) is 6.36. The molecule has 0 spiro atoms. The molecule has 2 rings (SSSR count). The van der Waals surface area contributed by atoms with Gasteiger partial charge in [0.25, 0.3) is 5.69 Å². The van der Waals surface area contributed by atoms with Crippen LogP contribution in [0.15, 0.2) is 36.4 Å². The topological polar surface area (TPSA) is 95.5 Å². The molecular weight excluding hydrogens is 317 g/mol. The van der Waals surface area contributed by atoms with Crippen LogP contribution in [0.2, 0.25) is 0 Å². The number of anilines is 1. The Balaban J connectivity index is 2.49. The zero-order chi connectivity index (χ0) is 17.2. The maximum absolute atomic E-state index is 13.1. The highest BCUT2D eigenvalue weighted by Crippen LogP contribution is 2.42. The number of ether oxygens (including phenoxy) is 1. The number of hydrogen-bond donors (Lipinski definition) is 1. The Hall–Kier alpha value is -3.10. The highest BCUT2D eigenvalue weighted by molar-refractivity contribution is 5.75. The van der Waals surface area contributed by atoms with E-state index in [2.05, 4.69) is 0 Å². The van der Waals surface area contributed by atoms with Gasteiger partial charge >= 0.3 is 6.18 Å². The molecule has 0 aliphatic carbocycles. The molecule has 0 aliphatic rings. The number of nitrogens with two attached hydrogens (primary N) is 1. The summed E-state index contributed by atoms with van der Waals surface area (Å²) in [6.45, 7) is 0. The number of nitro benzene ring substituents is 1. The molecule has 120 valence electrons. The van der Waals surface area contributed by atoms with Crippen molar-refractivity contribution >= 4 is 17.7 Å². The van der Waals surface area contributed by atoms with Gasteiger partial charge in [0.05, 0.1) is 4.92 Å². The minimum absolute atomic E-state index is 0.0225. The van der Waals surface area contributed by atoms with E-state index in [-0.39, 0.29) is 5.75 Å². The van der Waals surface area contributed by atoms with Crippen LogP contribution in [0.1, 0.15) is 15.9 Å². The standard InChI is InChI=1S/C14H9F3N2O4/c15-14(16,17)10-5-12(19(21)22)11(18)6-13(10)23-9-3-1-8(7-20)2-4-9/h1-7H,18H2. The third-order valence-corrected chi connectivity index (χ3v) is 2.87. The second kappa shape index (κ2) is 5.95. The minimum Gasteiger partial charge on any atom is -0.457 e. The molecule has 0 fully saturated rings. The second-order valence-electron chi connectivity index (χ2n) is 4.45. The average molecular weight is 326 g/mol. The maximum atomic E-state index is 13.1. The number of hydrogen-bond acceptors (Lipinski definition) is 5. The van der Waals surface area contributed by atoms with Crippen LogP contribution in [-0.4, -0.2) is 11.2 Å². The van der Waals surface area contributed by atoms with E-state index in [1.165, 1.54) is 24.3 Å². The van der Waals surface area contributed by atoms with Crippen LogP contribution >= 0.6 is 0 Å². The van der Waals surface area contributed by atoms with Gasteiger partial charge in [0.2, 0.25) is 0 Å². The number of benzene rings is 2. The Morgan fingerprint density at radius 3 is 2.26 bits per heavy atom. The molecule has 2 aromatic carbocycles. The molecule has 2 aromatic rings. The summed E-state index contributed by atoms with van der Waals surface area (Å²) in [7, 11) is 0. The Labute approximate surface area is 127 Å². The smallest absolute Gasteiger partial charge is 0.420 e. The molecule has 23 heavy (non-hydrogen) atoms. The lowest BCUT2D eigenvalue weighted by Gasteiger charge is -2.14. The summed E-state index contributed by atoms with van der Waals surface area (Å²) in [4.78, 5) is 20.3. The van der Waals surface area contributed by atoms with E-state index in [0.29, 0.717) is 17.9 Å². The van der Waals surface area contributed by atoms with Crippen LogP contribution in [0, 0.1) is 10.1 Å². The molecule has 0 radical (unpaired) electrons. The number of alkyl halides is 3. The third kappa shape index (κ3) is 3.57. The fraction of sp³-hybridized carbons (Fsp3) is 0.0714. The first-order valence-electron chi connectivity index (χ1n) is 6.10. The number of nitrogens with zero attached hydrogens (tertiary/aromatic N) is 1. The van der Waals surface area contributed by atoms with Gasteiger partial charge in [-0.3, -0.25) is 14.9 Å². The van der Waals surface area contributed by atoms with Gasteiger partial charge in [0, 0.05) is 17.7 Å². The number of aldehydes is 1. The second-order valence-corrected chi connectivity index (χ2v) is 4.45. The Morgan fingerprint density at radius 2 is 1.78 bits per heavy atom. The first-order chi connectivity index (χ1) is 10.7. The highest BCUT2D eigenvalue weighted by Gasteiger charge is 2.37. The van der Waals surface area contributed by atoms with Gasteiger partial charge < -0.3 is 10.5 Å².